The summed E-state index contributed by atoms with van der Waals surface area (Å²) in [6, 6.07) is 3.42. The molecule has 1 aromatic rings. The Hall–Kier alpha value is -1.80. The van der Waals surface area contributed by atoms with Crippen LogP contribution in [0.15, 0.2) is 24.3 Å². The number of halogens is 3. The third-order valence-corrected chi connectivity index (χ3v) is 4.26. The van der Waals surface area contributed by atoms with Crippen LogP contribution in [0.5, 0.6) is 0 Å². The highest BCUT2D eigenvalue weighted by atomic mass is 19.4. The first-order chi connectivity index (χ1) is 11.2. The third-order valence-electron chi connectivity index (χ3n) is 4.26. The fourth-order valence-electron chi connectivity index (χ4n) is 2.91. The molecule has 142 valence electrons. The van der Waals surface area contributed by atoms with Gasteiger partial charge in [0.1, 0.15) is 0 Å². The molecule has 1 rings (SSSR count). The molecule has 0 radical (unpaired) electrons. The number of amides is 1. The van der Waals surface area contributed by atoms with Gasteiger partial charge < -0.3 is 20.3 Å². The molecule has 8 heteroatoms. The number of rotatable bonds is 5. The van der Waals surface area contributed by atoms with Crippen molar-refractivity contribution in [2.24, 2.45) is 5.41 Å². The first-order valence-corrected chi connectivity index (χ1v) is 7.68. The smallest absolute Gasteiger partial charge is 0.416 e. The Morgan fingerprint density at radius 1 is 1.16 bits per heavy atom. The van der Waals surface area contributed by atoms with E-state index in [1.54, 1.807) is 20.8 Å². The Morgan fingerprint density at radius 2 is 1.64 bits per heavy atom. The molecule has 1 aromatic carbocycles. The Balaban J connectivity index is 3.44. The lowest BCUT2D eigenvalue weighted by Gasteiger charge is -2.46. The highest BCUT2D eigenvalue weighted by molar-refractivity contribution is 5.65. The number of ether oxygens (including phenoxy) is 1. The standard InChI is InChI=1S/C17H24F3NO4/c1-10(21-14(22)23)13(16(24,25-5)15(2,3)4)11-6-8-12(9-7-11)17(18,19)20/h6-10,13,21,24H,1-5H3,(H,22,23)/t10-,13-,16?/m0/s1. The van der Waals surface area contributed by atoms with Gasteiger partial charge in [0.15, 0.2) is 5.79 Å². The van der Waals surface area contributed by atoms with E-state index < -0.39 is 41.0 Å². The van der Waals surface area contributed by atoms with Crippen molar-refractivity contribution in [2.75, 3.05) is 7.11 Å². The molecule has 0 spiro atoms. The fraction of sp³-hybridized carbons (Fsp3) is 0.588. The van der Waals surface area contributed by atoms with Crippen LogP contribution in [0, 0.1) is 5.41 Å². The summed E-state index contributed by atoms with van der Waals surface area (Å²) in [4.78, 5) is 11.0. The lowest BCUT2D eigenvalue weighted by Crippen LogP contribution is -2.56. The molecule has 0 fully saturated rings. The number of nitrogens with one attached hydrogen (secondary N) is 1. The molecule has 0 saturated heterocycles. The zero-order chi connectivity index (χ0) is 19.6. The van der Waals surface area contributed by atoms with Crippen LogP contribution in [-0.4, -0.2) is 35.2 Å². The van der Waals surface area contributed by atoms with Crippen molar-refractivity contribution in [2.45, 2.75) is 51.6 Å². The molecule has 3 N–H and O–H groups in total. The van der Waals surface area contributed by atoms with Gasteiger partial charge in [-0.3, -0.25) is 0 Å². The van der Waals surface area contributed by atoms with Gasteiger partial charge in [-0.2, -0.15) is 13.2 Å². The molecule has 0 heterocycles. The van der Waals surface area contributed by atoms with Crippen LogP contribution in [0.25, 0.3) is 0 Å². The molecular formula is C17H24F3NO4. The molecule has 0 aliphatic rings. The highest BCUT2D eigenvalue weighted by Gasteiger charge is 2.50. The van der Waals surface area contributed by atoms with Crippen LogP contribution in [0.2, 0.25) is 0 Å². The van der Waals surface area contributed by atoms with E-state index in [2.05, 4.69) is 5.32 Å². The molecule has 0 saturated carbocycles. The van der Waals surface area contributed by atoms with Gasteiger partial charge in [-0.15, -0.1) is 0 Å². The SMILES string of the molecule is COC(O)([C@H](c1ccc(C(F)(F)F)cc1)[C@H](C)NC(=O)O)C(C)(C)C. The minimum absolute atomic E-state index is 0.327. The number of hydrogen-bond donors (Lipinski definition) is 3. The number of aliphatic hydroxyl groups is 1. The molecule has 0 aliphatic heterocycles. The van der Waals surface area contributed by atoms with Gasteiger partial charge in [0.25, 0.3) is 0 Å². The summed E-state index contributed by atoms with van der Waals surface area (Å²) in [5, 5.41) is 22.3. The van der Waals surface area contributed by atoms with Crippen molar-refractivity contribution >= 4 is 6.09 Å². The number of alkyl halides is 3. The number of methoxy groups -OCH3 is 1. The summed E-state index contributed by atoms with van der Waals surface area (Å²) in [5.74, 6) is -2.76. The number of benzene rings is 1. The van der Waals surface area contributed by atoms with Crippen molar-refractivity contribution in [3.63, 3.8) is 0 Å². The van der Waals surface area contributed by atoms with Crippen molar-refractivity contribution in [1.82, 2.24) is 5.32 Å². The second kappa shape index (κ2) is 7.21. The van der Waals surface area contributed by atoms with Crippen molar-refractivity contribution in [3.05, 3.63) is 35.4 Å². The van der Waals surface area contributed by atoms with Gasteiger partial charge in [-0.25, -0.2) is 4.79 Å². The Labute approximate surface area is 144 Å². The molecule has 3 atom stereocenters. The Bertz CT molecular complexity index is 595. The van der Waals surface area contributed by atoms with E-state index in [4.69, 9.17) is 9.84 Å². The van der Waals surface area contributed by atoms with Crippen LogP contribution >= 0.6 is 0 Å². The second-order valence-electron chi connectivity index (χ2n) is 6.99. The van der Waals surface area contributed by atoms with E-state index in [1.807, 2.05) is 0 Å². The van der Waals surface area contributed by atoms with Crippen LogP contribution in [0.4, 0.5) is 18.0 Å². The maximum absolute atomic E-state index is 12.8. The van der Waals surface area contributed by atoms with Crippen LogP contribution in [0.3, 0.4) is 0 Å². The molecule has 0 aromatic heterocycles. The van der Waals surface area contributed by atoms with E-state index in [0.717, 1.165) is 12.1 Å². The lowest BCUT2D eigenvalue weighted by molar-refractivity contribution is -0.264. The summed E-state index contributed by atoms with van der Waals surface area (Å²) < 4.78 is 43.6. The average Bonchev–Trinajstić information content (AvgIpc) is 2.44. The van der Waals surface area contributed by atoms with E-state index in [1.165, 1.54) is 26.2 Å². The molecule has 5 nitrogen and oxygen atoms in total. The second-order valence-corrected chi connectivity index (χ2v) is 6.99. The zero-order valence-corrected chi connectivity index (χ0v) is 14.8. The Kier molecular flexibility index (Phi) is 6.13. The summed E-state index contributed by atoms with van der Waals surface area (Å²) in [6.45, 7) is 6.61. The zero-order valence-electron chi connectivity index (χ0n) is 14.8. The lowest BCUT2D eigenvalue weighted by atomic mass is 9.71. The molecule has 1 unspecified atom stereocenters. The van der Waals surface area contributed by atoms with Gasteiger partial charge in [0.2, 0.25) is 0 Å². The van der Waals surface area contributed by atoms with E-state index >= 15 is 0 Å². The maximum atomic E-state index is 12.8. The largest absolute Gasteiger partial charge is 0.465 e. The molecule has 0 aliphatic carbocycles. The number of hydrogen-bond acceptors (Lipinski definition) is 3. The van der Waals surface area contributed by atoms with E-state index in [9.17, 15) is 23.1 Å². The van der Waals surface area contributed by atoms with Gasteiger partial charge in [-0.1, -0.05) is 32.9 Å². The van der Waals surface area contributed by atoms with E-state index in [-0.39, 0.29) is 0 Å². The van der Waals surface area contributed by atoms with Gasteiger partial charge in [-0.05, 0) is 24.6 Å². The van der Waals surface area contributed by atoms with Crippen molar-refractivity contribution < 1.29 is 32.9 Å². The van der Waals surface area contributed by atoms with E-state index in [0.29, 0.717) is 5.56 Å². The molecule has 25 heavy (non-hydrogen) atoms. The maximum Gasteiger partial charge on any atom is 0.416 e. The predicted molar refractivity (Wildman–Crippen MR) is 86.2 cm³/mol. The normalized spacial score (nSPS) is 17.5. The Morgan fingerprint density at radius 3 is 1.96 bits per heavy atom. The average molecular weight is 363 g/mol. The molecule has 1 amide bonds. The fourth-order valence-corrected chi connectivity index (χ4v) is 2.91. The van der Waals surface area contributed by atoms with Crippen LogP contribution < -0.4 is 5.32 Å². The number of carbonyl (C=O) groups is 1. The topological polar surface area (TPSA) is 78.8 Å². The first-order valence-electron chi connectivity index (χ1n) is 7.68. The minimum Gasteiger partial charge on any atom is -0.465 e. The molecule has 0 bridgehead atoms. The van der Waals surface area contributed by atoms with Gasteiger partial charge in [0.05, 0.1) is 11.5 Å². The van der Waals surface area contributed by atoms with Gasteiger partial charge >= 0.3 is 12.3 Å². The van der Waals surface area contributed by atoms with Crippen molar-refractivity contribution in [1.29, 1.82) is 0 Å². The van der Waals surface area contributed by atoms with Crippen LogP contribution in [0.1, 0.15) is 44.7 Å². The van der Waals surface area contributed by atoms with Crippen LogP contribution in [-0.2, 0) is 10.9 Å². The summed E-state index contributed by atoms with van der Waals surface area (Å²) in [7, 11) is 1.27. The molecular weight excluding hydrogens is 339 g/mol. The monoisotopic (exact) mass is 363 g/mol. The van der Waals surface area contributed by atoms with Crippen molar-refractivity contribution in [3.8, 4) is 0 Å². The predicted octanol–water partition coefficient (Wildman–Crippen LogP) is 3.83. The highest BCUT2D eigenvalue weighted by Crippen LogP contribution is 2.44. The number of carboxylic acid groups (broad SMARTS) is 1. The third kappa shape index (κ3) is 4.64. The first kappa shape index (κ1) is 21.2. The van der Waals surface area contributed by atoms with Gasteiger partial charge in [0, 0.05) is 18.6 Å². The summed E-state index contributed by atoms with van der Waals surface area (Å²) >= 11 is 0. The quantitative estimate of drug-likeness (QED) is 0.695. The summed E-state index contributed by atoms with van der Waals surface area (Å²) in [5.41, 5.74) is -1.34. The summed E-state index contributed by atoms with van der Waals surface area (Å²) in [6.07, 6.45) is -5.79. The minimum atomic E-state index is -4.49.